The average Bonchev–Trinajstić information content (AvgIpc) is 2.76. The van der Waals surface area contributed by atoms with E-state index >= 15 is 0 Å². The van der Waals surface area contributed by atoms with Gasteiger partial charge in [0.15, 0.2) is 0 Å². The van der Waals surface area contributed by atoms with Gasteiger partial charge >= 0.3 is 0 Å². The van der Waals surface area contributed by atoms with E-state index in [9.17, 15) is 4.79 Å². The Balaban J connectivity index is 1.87. The van der Waals surface area contributed by atoms with E-state index in [1.165, 1.54) is 22.3 Å². The quantitative estimate of drug-likeness (QED) is 0.749. The maximum absolute atomic E-state index is 11.6. The van der Waals surface area contributed by atoms with Crippen molar-refractivity contribution >= 4 is 11.6 Å². The molecule has 0 heterocycles. The van der Waals surface area contributed by atoms with Crippen molar-refractivity contribution in [3.63, 3.8) is 0 Å². The van der Waals surface area contributed by atoms with Crippen molar-refractivity contribution in [1.82, 2.24) is 0 Å². The Bertz CT molecular complexity index is 631. The van der Waals surface area contributed by atoms with Crippen LogP contribution in [-0.4, -0.2) is 5.91 Å². The first-order valence-electron chi connectivity index (χ1n) is 6.79. The summed E-state index contributed by atoms with van der Waals surface area (Å²) < 4.78 is 0. The van der Waals surface area contributed by atoms with Crippen molar-refractivity contribution in [2.24, 2.45) is 0 Å². The van der Waals surface area contributed by atoms with Crippen molar-refractivity contribution in [2.45, 2.75) is 26.2 Å². The number of carbonyl (C=O) groups excluding carboxylic acids is 1. The fourth-order valence-corrected chi connectivity index (χ4v) is 2.67. The zero-order chi connectivity index (χ0) is 13.2. The van der Waals surface area contributed by atoms with Crippen LogP contribution in [0.3, 0.4) is 0 Å². The molecule has 2 nitrogen and oxygen atoms in total. The molecule has 0 aromatic heterocycles. The van der Waals surface area contributed by atoms with Crippen molar-refractivity contribution in [2.75, 3.05) is 5.32 Å². The van der Waals surface area contributed by atoms with Gasteiger partial charge in [0, 0.05) is 12.1 Å². The van der Waals surface area contributed by atoms with Crippen LogP contribution in [0, 0.1) is 0 Å². The topological polar surface area (TPSA) is 29.1 Å². The van der Waals surface area contributed by atoms with E-state index in [1.807, 2.05) is 13.0 Å². The second kappa shape index (κ2) is 4.88. The van der Waals surface area contributed by atoms with Gasteiger partial charge in [-0.05, 0) is 47.2 Å². The number of benzene rings is 2. The summed E-state index contributed by atoms with van der Waals surface area (Å²) in [4.78, 5) is 11.6. The molecule has 1 aliphatic carbocycles. The van der Waals surface area contributed by atoms with Crippen LogP contribution >= 0.6 is 0 Å². The molecular formula is C17H17NO. The highest BCUT2D eigenvalue weighted by Crippen LogP contribution is 2.37. The fraction of sp³-hybridized carbons (Fsp3) is 0.235. The minimum absolute atomic E-state index is 0.0953. The molecule has 1 N–H and O–H groups in total. The zero-order valence-corrected chi connectivity index (χ0v) is 11.1. The lowest BCUT2D eigenvalue weighted by Crippen LogP contribution is -2.10. The Morgan fingerprint density at radius 3 is 2.74 bits per heavy atom. The molecule has 19 heavy (non-hydrogen) atoms. The van der Waals surface area contributed by atoms with Crippen molar-refractivity contribution in [1.29, 1.82) is 0 Å². The van der Waals surface area contributed by atoms with Gasteiger partial charge in [0.05, 0.1) is 0 Å². The number of anilines is 1. The average molecular weight is 251 g/mol. The number of fused-ring (bicyclic) bond motifs is 3. The fourth-order valence-electron chi connectivity index (χ4n) is 2.67. The largest absolute Gasteiger partial charge is 0.326 e. The molecule has 2 aromatic carbocycles. The minimum atomic E-state index is 0.0953. The summed E-state index contributed by atoms with van der Waals surface area (Å²) in [6.45, 7) is 2.01. The van der Waals surface area contributed by atoms with E-state index in [0.717, 1.165) is 18.5 Å². The molecule has 2 heteroatoms. The molecule has 0 aliphatic heterocycles. The van der Waals surface area contributed by atoms with Crippen molar-refractivity contribution < 1.29 is 4.79 Å². The molecule has 1 aliphatic rings. The van der Waals surface area contributed by atoms with Crippen LogP contribution in [0.2, 0.25) is 0 Å². The first kappa shape index (κ1) is 12.0. The van der Waals surface area contributed by atoms with E-state index in [2.05, 4.69) is 41.7 Å². The summed E-state index contributed by atoms with van der Waals surface area (Å²) in [7, 11) is 0. The maximum atomic E-state index is 11.6. The molecule has 0 saturated heterocycles. The molecule has 0 fully saturated rings. The summed E-state index contributed by atoms with van der Waals surface area (Å²) in [6.07, 6.45) is 2.42. The van der Waals surface area contributed by atoms with Crippen molar-refractivity contribution in [3.05, 3.63) is 53.6 Å². The second-order valence-electron chi connectivity index (χ2n) is 5.00. The van der Waals surface area contributed by atoms with Gasteiger partial charge in [-0.3, -0.25) is 4.79 Å². The lowest BCUT2D eigenvalue weighted by atomic mass is 10.1. The molecule has 1 amide bonds. The first-order valence-corrected chi connectivity index (χ1v) is 6.79. The Morgan fingerprint density at radius 1 is 1.11 bits per heavy atom. The molecule has 0 unspecified atom stereocenters. The van der Waals surface area contributed by atoms with E-state index < -0.39 is 0 Å². The highest BCUT2D eigenvalue weighted by molar-refractivity contribution is 5.91. The Labute approximate surface area is 113 Å². The lowest BCUT2D eigenvalue weighted by molar-refractivity contribution is -0.116. The van der Waals surface area contributed by atoms with Crippen LogP contribution in [0.1, 0.15) is 30.9 Å². The standard InChI is InChI=1S/C17H17NO/c1-2-5-17(19)18-14-8-9-16-13(11-14)10-12-6-3-4-7-15(12)16/h3-4,6-9,11H,2,5,10H2,1H3,(H,18,19). The van der Waals surface area contributed by atoms with E-state index in [-0.39, 0.29) is 5.91 Å². The van der Waals surface area contributed by atoms with Crippen LogP contribution in [0.25, 0.3) is 11.1 Å². The summed E-state index contributed by atoms with van der Waals surface area (Å²) in [5, 5.41) is 2.96. The molecule has 0 saturated carbocycles. The third kappa shape index (κ3) is 2.26. The monoisotopic (exact) mass is 251 g/mol. The molecular weight excluding hydrogens is 234 g/mol. The summed E-state index contributed by atoms with van der Waals surface area (Å²) >= 11 is 0. The molecule has 0 radical (unpaired) electrons. The van der Waals surface area contributed by atoms with Gasteiger partial charge < -0.3 is 5.32 Å². The molecule has 96 valence electrons. The minimum Gasteiger partial charge on any atom is -0.326 e. The number of amides is 1. The molecule has 0 atom stereocenters. The summed E-state index contributed by atoms with van der Waals surface area (Å²) in [5.74, 6) is 0.0953. The predicted octanol–water partition coefficient (Wildman–Crippen LogP) is 4.00. The Morgan fingerprint density at radius 2 is 1.89 bits per heavy atom. The highest BCUT2D eigenvalue weighted by Gasteiger charge is 2.17. The third-order valence-corrected chi connectivity index (χ3v) is 3.55. The van der Waals surface area contributed by atoms with Crippen molar-refractivity contribution in [3.8, 4) is 11.1 Å². The van der Waals surface area contributed by atoms with Crippen LogP contribution in [0.4, 0.5) is 5.69 Å². The Kier molecular flexibility index (Phi) is 3.08. The van der Waals surface area contributed by atoms with E-state index in [1.54, 1.807) is 0 Å². The van der Waals surface area contributed by atoms with Gasteiger partial charge in [-0.2, -0.15) is 0 Å². The van der Waals surface area contributed by atoms with Gasteiger partial charge in [0.2, 0.25) is 5.91 Å². The van der Waals surface area contributed by atoms with Gasteiger partial charge in [0.1, 0.15) is 0 Å². The Hall–Kier alpha value is -2.09. The number of hydrogen-bond acceptors (Lipinski definition) is 1. The zero-order valence-electron chi connectivity index (χ0n) is 11.1. The lowest BCUT2D eigenvalue weighted by Gasteiger charge is -2.07. The number of rotatable bonds is 3. The number of nitrogens with one attached hydrogen (secondary N) is 1. The summed E-state index contributed by atoms with van der Waals surface area (Å²) in [6, 6.07) is 14.7. The first-order chi connectivity index (χ1) is 9.28. The van der Waals surface area contributed by atoms with Crippen LogP contribution in [0.5, 0.6) is 0 Å². The van der Waals surface area contributed by atoms with Gasteiger partial charge in [0.25, 0.3) is 0 Å². The second-order valence-corrected chi connectivity index (χ2v) is 5.00. The highest BCUT2D eigenvalue weighted by atomic mass is 16.1. The predicted molar refractivity (Wildman–Crippen MR) is 78.2 cm³/mol. The number of hydrogen-bond donors (Lipinski definition) is 1. The van der Waals surface area contributed by atoms with Gasteiger partial charge in [-0.15, -0.1) is 0 Å². The van der Waals surface area contributed by atoms with Crippen LogP contribution in [-0.2, 0) is 11.2 Å². The molecule has 0 bridgehead atoms. The van der Waals surface area contributed by atoms with Gasteiger partial charge in [-0.1, -0.05) is 37.3 Å². The smallest absolute Gasteiger partial charge is 0.224 e. The van der Waals surface area contributed by atoms with E-state index in [0.29, 0.717) is 6.42 Å². The number of carbonyl (C=O) groups is 1. The van der Waals surface area contributed by atoms with Gasteiger partial charge in [-0.25, -0.2) is 0 Å². The normalized spacial score (nSPS) is 11.8. The molecule has 2 aromatic rings. The third-order valence-electron chi connectivity index (χ3n) is 3.55. The maximum Gasteiger partial charge on any atom is 0.224 e. The SMILES string of the molecule is CCCC(=O)Nc1ccc2c(c1)Cc1ccccc1-2. The summed E-state index contributed by atoms with van der Waals surface area (Å²) in [5.41, 5.74) is 6.20. The molecule has 0 spiro atoms. The van der Waals surface area contributed by atoms with Crippen LogP contribution in [0.15, 0.2) is 42.5 Å². The molecule has 3 rings (SSSR count). The van der Waals surface area contributed by atoms with Crippen LogP contribution < -0.4 is 5.32 Å². The van der Waals surface area contributed by atoms with E-state index in [4.69, 9.17) is 0 Å².